The molecule has 1 aliphatic rings. The van der Waals surface area contributed by atoms with E-state index in [1.165, 1.54) is 6.07 Å². The van der Waals surface area contributed by atoms with E-state index in [1.807, 2.05) is 6.07 Å². The van der Waals surface area contributed by atoms with Crippen LogP contribution in [-0.4, -0.2) is 35.7 Å². The average Bonchev–Trinajstić information content (AvgIpc) is 2.42. The van der Waals surface area contributed by atoms with Gasteiger partial charge < -0.3 is 15.7 Å². The maximum Gasteiger partial charge on any atom is 0.127 e. The molecule has 3 nitrogen and oxygen atoms in total. The molecule has 1 saturated heterocycles. The molecule has 112 valence electrons. The molecule has 1 aliphatic heterocycles. The smallest absolute Gasteiger partial charge is 0.127 e. The number of aliphatic hydroxyl groups excluding tert-OH is 1. The second-order valence-corrected chi connectivity index (χ2v) is 6.12. The second-order valence-electron chi connectivity index (χ2n) is 6.12. The molecular weight excluding hydrogens is 255 g/mol. The van der Waals surface area contributed by atoms with Gasteiger partial charge in [-0.1, -0.05) is 32.0 Å². The predicted molar refractivity (Wildman–Crippen MR) is 78.7 cm³/mol. The number of piperidine rings is 1. The Bertz CT molecular complexity index is 440. The minimum atomic E-state index is -0.293. The van der Waals surface area contributed by atoms with Crippen LogP contribution in [0, 0.1) is 17.7 Å². The molecule has 4 heteroatoms. The van der Waals surface area contributed by atoms with Gasteiger partial charge in [0.25, 0.3) is 0 Å². The third-order valence-corrected chi connectivity index (χ3v) is 4.37. The Balaban J connectivity index is 1.95. The number of nitrogens with zero attached hydrogens (tertiary/aromatic N) is 1. The Morgan fingerprint density at radius 2 is 2.15 bits per heavy atom. The molecule has 2 rings (SSSR count). The zero-order valence-corrected chi connectivity index (χ0v) is 12.3. The van der Waals surface area contributed by atoms with E-state index in [4.69, 9.17) is 5.73 Å². The van der Waals surface area contributed by atoms with Crippen molar-refractivity contribution in [1.82, 2.24) is 4.90 Å². The zero-order valence-electron chi connectivity index (χ0n) is 12.3. The number of hydrogen-bond donors (Lipinski definition) is 2. The van der Waals surface area contributed by atoms with Crippen LogP contribution in [0.15, 0.2) is 24.3 Å². The summed E-state index contributed by atoms with van der Waals surface area (Å²) in [5.74, 6) is 0.240. The molecule has 0 aromatic heterocycles. The van der Waals surface area contributed by atoms with Crippen LogP contribution in [0.2, 0.25) is 0 Å². The number of hydrogen-bond acceptors (Lipinski definition) is 3. The molecule has 0 bridgehead atoms. The predicted octanol–water partition coefficient (Wildman–Crippen LogP) is 2.16. The van der Waals surface area contributed by atoms with Crippen LogP contribution in [0.25, 0.3) is 0 Å². The van der Waals surface area contributed by atoms with E-state index in [1.54, 1.807) is 12.1 Å². The third kappa shape index (κ3) is 3.57. The Kier molecular flexibility index (Phi) is 5.13. The summed E-state index contributed by atoms with van der Waals surface area (Å²) in [6.45, 7) is 6.74. The summed E-state index contributed by atoms with van der Waals surface area (Å²) in [6.07, 6.45) is 0.616. The average molecular weight is 280 g/mol. The van der Waals surface area contributed by atoms with Gasteiger partial charge in [0, 0.05) is 31.2 Å². The first-order valence-electron chi connectivity index (χ1n) is 7.39. The Morgan fingerprint density at radius 3 is 2.80 bits per heavy atom. The van der Waals surface area contributed by atoms with E-state index in [-0.39, 0.29) is 23.9 Å². The summed E-state index contributed by atoms with van der Waals surface area (Å²) >= 11 is 0. The molecule has 20 heavy (non-hydrogen) atoms. The summed E-state index contributed by atoms with van der Waals surface area (Å²) < 4.78 is 13.8. The van der Waals surface area contributed by atoms with E-state index in [0.29, 0.717) is 11.5 Å². The number of nitrogens with two attached hydrogens (primary N) is 1. The van der Waals surface area contributed by atoms with Crippen molar-refractivity contribution in [3.63, 3.8) is 0 Å². The van der Waals surface area contributed by atoms with Crippen molar-refractivity contribution in [3.8, 4) is 0 Å². The molecule has 1 aromatic carbocycles. The van der Waals surface area contributed by atoms with Crippen molar-refractivity contribution in [2.75, 3.05) is 19.6 Å². The van der Waals surface area contributed by atoms with Gasteiger partial charge in [-0.15, -0.1) is 0 Å². The first-order valence-corrected chi connectivity index (χ1v) is 7.39. The summed E-state index contributed by atoms with van der Waals surface area (Å²) in [7, 11) is 0. The van der Waals surface area contributed by atoms with E-state index >= 15 is 0 Å². The minimum Gasteiger partial charge on any atom is -0.393 e. The van der Waals surface area contributed by atoms with Gasteiger partial charge in [-0.05, 0) is 24.3 Å². The maximum atomic E-state index is 13.8. The third-order valence-electron chi connectivity index (χ3n) is 4.37. The van der Waals surface area contributed by atoms with Gasteiger partial charge in [0.05, 0.1) is 6.10 Å². The van der Waals surface area contributed by atoms with E-state index in [9.17, 15) is 9.50 Å². The van der Waals surface area contributed by atoms with Crippen LogP contribution in [0.5, 0.6) is 0 Å². The fourth-order valence-corrected chi connectivity index (χ4v) is 2.96. The highest BCUT2D eigenvalue weighted by atomic mass is 19.1. The molecule has 0 radical (unpaired) electrons. The fourth-order valence-electron chi connectivity index (χ4n) is 2.96. The van der Waals surface area contributed by atoms with E-state index in [0.717, 1.165) is 26.1 Å². The molecule has 0 spiro atoms. The molecule has 3 N–H and O–H groups in total. The van der Waals surface area contributed by atoms with E-state index in [2.05, 4.69) is 18.7 Å². The Labute approximate surface area is 120 Å². The highest BCUT2D eigenvalue weighted by Crippen LogP contribution is 2.24. The largest absolute Gasteiger partial charge is 0.393 e. The minimum absolute atomic E-state index is 0.175. The second kappa shape index (κ2) is 6.66. The maximum absolute atomic E-state index is 13.8. The van der Waals surface area contributed by atoms with Gasteiger partial charge in [-0.3, -0.25) is 0 Å². The van der Waals surface area contributed by atoms with Crippen molar-refractivity contribution in [1.29, 1.82) is 0 Å². The van der Waals surface area contributed by atoms with Crippen LogP contribution in [0.3, 0.4) is 0 Å². The Hall–Kier alpha value is -0.970. The lowest BCUT2D eigenvalue weighted by Crippen LogP contribution is -2.44. The van der Waals surface area contributed by atoms with E-state index < -0.39 is 0 Å². The normalized spacial score (nSPS) is 27.2. The Morgan fingerprint density at radius 1 is 1.45 bits per heavy atom. The highest BCUT2D eigenvalue weighted by Gasteiger charge is 2.27. The summed E-state index contributed by atoms with van der Waals surface area (Å²) in [5.41, 5.74) is 6.79. The number of benzene rings is 1. The van der Waals surface area contributed by atoms with Gasteiger partial charge >= 0.3 is 0 Å². The summed E-state index contributed by atoms with van der Waals surface area (Å²) in [5, 5.41) is 9.75. The first-order chi connectivity index (χ1) is 9.49. The number of aliphatic hydroxyl groups is 1. The SMILES string of the molecule is CC1CN(CC(C)C(N)c2ccccc2F)CCC1O. The van der Waals surface area contributed by atoms with Crippen LogP contribution in [0.4, 0.5) is 4.39 Å². The molecule has 0 saturated carbocycles. The fraction of sp³-hybridized carbons (Fsp3) is 0.625. The number of rotatable bonds is 4. The van der Waals surface area contributed by atoms with Gasteiger partial charge in [0.1, 0.15) is 5.82 Å². The van der Waals surface area contributed by atoms with Crippen LogP contribution < -0.4 is 5.73 Å². The van der Waals surface area contributed by atoms with Gasteiger partial charge in [-0.2, -0.15) is 0 Å². The highest BCUT2D eigenvalue weighted by molar-refractivity contribution is 5.21. The van der Waals surface area contributed by atoms with Crippen molar-refractivity contribution in [2.24, 2.45) is 17.6 Å². The molecule has 0 aliphatic carbocycles. The van der Waals surface area contributed by atoms with Crippen LogP contribution in [-0.2, 0) is 0 Å². The molecule has 1 heterocycles. The van der Waals surface area contributed by atoms with Crippen molar-refractivity contribution >= 4 is 0 Å². The lowest BCUT2D eigenvalue weighted by atomic mass is 9.92. The first kappa shape index (κ1) is 15.4. The van der Waals surface area contributed by atoms with Crippen LogP contribution in [0.1, 0.15) is 31.9 Å². The zero-order chi connectivity index (χ0) is 14.7. The standard InChI is InChI=1S/C16H25FN2O/c1-11-9-19(8-7-15(11)20)10-12(2)16(18)13-5-3-4-6-14(13)17/h3-6,11-12,15-16,20H,7-10,18H2,1-2H3. The number of likely N-dealkylation sites (tertiary alicyclic amines) is 1. The lowest BCUT2D eigenvalue weighted by Gasteiger charge is -2.36. The summed E-state index contributed by atoms with van der Waals surface area (Å²) in [6, 6.07) is 6.44. The van der Waals surface area contributed by atoms with Gasteiger partial charge in [-0.25, -0.2) is 4.39 Å². The van der Waals surface area contributed by atoms with Gasteiger partial charge in [0.15, 0.2) is 0 Å². The van der Waals surface area contributed by atoms with Gasteiger partial charge in [0.2, 0.25) is 0 Å². The number of halogens is 1. The van der Waals surface area contributed by atoms with Crippen molar-refractivity contribution in [2.45, 2.75) is 32.4 Å². The monoisotopic (exact) mass is 280 g/mol. The summed E-state index contributed by atoms with van der Waals surface area (Å²) in [4.78, 5) is 2.32. The quantitative estimate of drug-likeness (QED) is 0.888. The lowest BCUT2D eigenvalue weighted by molar-refractivity contribution is 0.0285. The molecule has 1 aromatic rings. The molecule has 0 amide bonds. The van der Waals surface area contributed by atoms with Crippen LogP contribution >= 0.6 is 0 Å². The molecule has 4 atom stereocenters. The van der Waals surface area contributed by atoms with Crippen molar-refractivity contribution < 1.29 is 9.50 Å². The molecular formula is C16H25FN2O. The molecule has 4 unspecified atom stereocenters. The van der Waals surface area contributed by atoms with Crippen molar-refractivity contribution in [3.05, 3.63) is 35.6 Å². The molecule has 1 fully saturated rings. The topological polar surface area (TPSA) is 49.5 Å².